The molecule has 1 aliphatic rings. The van der Waals surface area contributed by atoms with E-state index < -0.39 is 17.8 Å². The number of amides is 3. The van der Waals surface area contributed by atoms with E-state index in [0.29, 0.717) is 10.4 Å². The summed E-state index contributed by atoms with van der Waals surface area (Å²) in [4.78, 5) is 41.5. The normalized spacial score (nSPS) is 14.3. The number of nitrogens with one attached hydrogen (secondary N) is 2. The van der Waals surface area contributed by atoms with Crippen LogP contribution in [-0.2, 0) is 9.59 Å². The largest absolute Gasteiger partial charge is 0.351 e. The van der Waals surface area contributed by atoms with Gasteiger partial charge in [-0.2, -0.15) is 0 Å². The highest BCUT2D eigenvalue weighted by Crippen LogP contribution is 2.31. The molecule has 0 bridgehead atoms. The fourth-order valence-corrected chi connectivity index (χ4v) is 5.08. The summed E-state index contributed by atoms with van der Waals surface area (Å²) in [5, 5.41) is 7.51. The van der Waals surface area contributed by atoms with Crippen LogP contribution in [0.3, 0.4) is 0 Å². The molecule has 0 saturated heterocycles. The molecule has 182 valence electrons. The maximum atomic E-state index is 14.3. The van der Waals surface area contributed by atoms with Crippen molar-refractivity contribution in [2.75, 3.05) is 11.4 Å². The third-order valence-electron chi connectivity index (χ3n) is 6.19. The lowest BCUT2D eigenvalue weighted by molar-refractivity contribution is -0.126. The molecule has 6 nitrogen and oxygen atoms in total. The molecule has 0 aliphatic heterocycles. The van der Waals surface area contributed by atoms with Crippen molar-refractivity contribution in [1.29, 1.82) is 0 Å². The van der Waals surface area contributed by atoms with E-state index in [1.807, 2.05) is 25.1 Å². The topological polar surface area (TPSA) is 78.5 Å². The number of anilines is 1. The Labute approximate surface area is 208 Å². The van der Waals surface area contributed by atoms with Gasteiger partial charge in [-0.05, 0) is 60.5 Å². The van der Waals surface area contributed by atoms with Crippen molar-refractivity contribution in [2.45, 2.75) is 44.7 Å². The van der Waals surface area contributed by atoms with E-state index in [1.165, 1.54) is 34.4 Å². The Bertz CT molecular complexity index is 1190. The fraction of sp³-hybridized carbons (Fsp3) is 0.296. The van der Waals surface area contributed by atoms with Gasteiger partial charge in [-0.15, -0.1) is 11.3 Å². The molecule has 1 aliphatic carbocycles. The molecule has 0 unspecified atom stereocenters. The van der Waals surface area contributed by atoms with Gasteiger partial charge in [-0.3, -0.25) is 19.3 Å². The molecule has 4 rings (SSSR count). The van der Waals surface area contributed by atoms with Crippen LogP contribution in [0.15, 0.2) is 66.0 Å². The first-order valence-corrected chi connectivity index (χ1v) is 12.6. The van der Waals surface area contributed by atoms with E-state index in [1.54, 1.807) is 29.6 Å². The Kier molecular flexibility index (Phi) is 7.92. The van der Waals surface area contributed by atoms with Gasteiger partial charge >= 0.3 is 0 Å². The summed E-state index contributed by atoms with van der Waals surface area (Å²) < 4.78 is 14.3. The molecule has 0 spiro atoms. The molecule has 1 atom stereocenters. The van der Waals surface area contributed by atoms with Crippen molar-refractivity contribution < 1.29 is 18.8 Å². The fourth-order valence-electron chi connectivity index (χ4n) is 4.44. The monoisotopic (exact) mass is 493 g/mol. The summed E-state index contributed by atoms with van der Waals surface area (Å²) in [6, 6.07) is 15.4. The van der Waals surface area contributed by atoms with Gasteiger partial charge in [-0.25, -0.2) is 4.39 Å². The van der Waals surface area contributed by atoms with Gasteiger partial charge in [0.2, 0.25) is 11.8 Å². The first-order valence-electron chi connectivity index (χ1n) is 11.7. The second-order valence-electron chi connectivity index (χ2n) is 8.65. The maximum absolute atomic E-state index is 14.3. The molecule has 3 aromatic rings. The SMILES string of the molecule is Cc1ccccc1[C@H](C(=O)NC1CCCC1)N(C(=O)CNC(=O)c1cccs1)c1cccc(F)c1. The maximum Gasteiger partial charge on any atom is 0.261 e. The summed E-state index contributed by atoms with van der Waals surface area (Å²) in [6.07, 6.45) is 3.86. The lowest BCUT2D eigenvalue weighted by atomic mass is 9.97. The van der Waals surface area contributed by atoms with Crippen LogP contribution in [0.1, 0.15) is 52.5 Å². The minimum atomic E-state index is -1.02. The molecule has 1 saturated carbocycles. The molecule has 0 radical (unpaired) electrons. The van der Waals surface area contributed by atoms with Gasteiger partial charge in [0.1, 0.15) is 11.9 Å². The minimum Gasteiger partial charge on any atom is -0.351 e. The highest BCUT2D eigenvalue weighted by Gasteiger charge is 2.35. The average Bonchev–Trinajstić information content (AvgIpc) is 3.56. The van der Waals surface area contributed by atoms with Crippen LogP contribution in [0.5, 0.6) is 0 Å². The predicted molar refractivity (Wildman–Crippen MR) is 135 cm³/mol. The number of halogens is 1. The standard InChI is InChI=1S/C27H28FN3O3S/c1-18-8-2-5-13-22(18)25(27(34)30-20-10-3-4-11-20)31(21-12-6-9-19(28)16-21)24(32)17-29-26(33)23-14-7-15-35-23/h2,5-9,12-16,20,25H,3-4,10-11,17H2,1H3,(H,29,33)(H,30,34)/t25-/m1/s1. The highest BCUT2D eigenvalue weighted by molar-refractivity contribution is 7.12. The zero-order chi connectivity index (χ0) is 24.8. The van der Waals surface area contributed by atoms with Gasteiger partial charge in [0.05, 0.1) is 11.4 Å². The summed E-state index contributed by atoms with van der Waals surface area (Å²) >= 11 is 1.27. The zero-order valence-electron chi connectivity index (χ0n) is 19.5. The molecule has 8 heteroatoms. The van der Waals surface area contributed by atoms with Crippen molar-refractivity contribution >= 4 is 34.7 Å². The van der Waals surface area contributed by atoms with Crippen LogP contribution in [0.25, 0.3) is 0 Å². The Morgan fingerprint density at radius 1 is 1.06 bits per heavy atom. The molecular formula is C27H28FN3O3S. The first kappa shape index (κ1) is 24.6. The molecule has 2 aromatic carbocycles. The van der Waals surface area contributed by atoms with Gasteiger partial charge in [0.15, 0.2) is 0 Å². The Morgan fingerprint density at radius 2 is 1.83 bits per heavy atom. The molecule has 1 fully saturated rings. The van der Waals surface area contributed by atoms with Crippen molar-refractivity contribution in [3.8, 4) is 0 Å². The summed E-state index contributed by atoms with van der Waals surface area (Å²) in [6.45, 7) is 1.53. The second-order valence-corrected chi connectivity index (χ2v) is 9.60. The lowest BCUT2D eigenvalue weighted by Crippen LogP contribution is -2.49. The van der Waals surface area contributed by atoms with Crippen LogP contribution in [0.2, 0.25) is 0 Å². The Hall–Kier alpha value is -3.52. The van der Waals surface area contributed by atoms with Gasteiger partial charge in [0, 0.05) is 11.7 Å². The number of carbonyl (C=O) groups excluding carboxylic acids is 3. The number of rotatable bonds is 8. The van der Waals surface area contributed by atoms with E-state index in [2.05, 4.69) is 10.6 Å². The van der Waals surface area contributed by atoms with Gasteiger partial charge in [-0.1, -0.05) is 49.2 Å². The number of thiophene rings is 1. The molecule has 1 aromatic heterocycles. The first-order chi connectivity index (χ1) is 16.9. The molecule has 35 heavy (non-hydrogen) atoms. The number of benzene rings is 2. The quantitative estimate of drug-likeness (QED) is 0.475. The predicted octanol–water partition coefficient (Wildman–Crippen LogP) is 4.76. The van der Waals surface area contributed by atoms with Crippen molar-refractivity contribution in [3.05, 3.63) is 87.9 Å². The van der Waals surface area contributed by atoms with E-state index in [9.17, 15) is 18.8 Å². The number of carbonyl (C=O) groups is 3. The van der Waals surface area contributed by atoms with E-state index in [4.69, 9.17) is 0 Å². The number of nitrogens with zero attached hydrogens (tertiary/aromatic N) is 1. The van der Waals surface area contributed by atoms with Gasteiger partial charge < -0.3 is 10.6 Å². The van der Waals surface area contributed by atoms with Crippen LogP contribution < -0.4 is 15.5 Å². The summed E-state index contributed by atoms with van der Waals surface area (Å²) in [5.41, 5.74) is 1.72. The van der Waals surface area contributed by atoms with E-state index in [-0.39, 0.29) is 30.1 Å². The Balaban J connectivity index is 1.70. The third kappa shape index (κ3) is 5.95. The zero-order valence-corrected chi connectivity index (χ0v) is 20.3. The third-order valence-corrected chi connectivity index (χ3v) is 7.06. The summed E-state index contributed by atoms with van der Waals surface area (Å²) in [7, 11) is 0. The van der Waals surface area contributed by atoms with Crippen molar-refractivity contribution in [2.24, 2.45) is 0 Å². The minimum absolute atomic E-state index is 0.0389. The van der Waals surface area contributed by atoms with Crippen LogP contribution in [-0.4, -0.2) is 30.3 Å². The van der Waals surface area contributed by atoms with Crippen molar-refractivity contribution in [3.63, 3.8) is 0 Å². The molecular weight excluding hydrogens is 465 g/mol. The second kappa shape index (κ2) is 11.3. The average molecular weight is 494 g/mol. The molecule has 1 heterocycles. The summed E-state index contributed by atoms with van der Waals surface area (Å²) in [5.74, 6) is -1.75. The molecule has 2 N–H and O–H groups in total. The Morgan fingerprint density at radius 3 is 2.51 bits per heavy atom. The number of hydrogen-bond acceptors (Lipinski definition) is 4. The van der Waals surface area contributed by atoms with E-state index in [0.717, 1.165) is 31.2 Å². The number of aryl methyl sites for hydroxylation is 1. The van der Waals surface area contributed by atoms with Crippen LogP contribution >= 0.6 is 11.3 Å². The van der Waals surface area contributed by atoms with E-state index >= 15 is 0 Å². The van der Waals surface area contributed by atoms with Gasteiger partial charge in [0.25, 0.3) is 5.91 Å². The smallest absolute Gasteiger partial charge is 0.261 e. The number of hydrogen-bond donors (Lipinski definition) is 2. The lowest BCUT2D eigenvalue weighted by Gasteiger charge is -2.33. The molecule has 3 amide bonds. The van der Waals surface area contributed by atoms with Crippen LogP contribution in [0.4, 0.5) is 10.1 Å². The van der Waals surface area contributed by atoms with Crippen LogP contribution in [0, 0.1) is 12.7 Å². The van der Waals surface area contributed by atoms with Crippen molar-refractivity contribution in [1.82, 2.24) is 10.6 Å². The highest BCUT2D eigenvalue weighted by atomic mass is 32.1.